The van der Waals surface area contributed by atoms with Gasteiger partial charge in [0.2, 0.25) is 5.91 Å². The number of fused-ring (bicyclic) bond motifs is 3. The molecule has 0 unspecified atom stereocenters. The number of hydrogen-bond acceptors (Lipinski definition) is 6. The number of hydrogen-bond donors (Lipinski definition) is 1. The van der Waals surface area contributed by atoms with Crippen LogP contribution in [0.25, 0.3) is 16.6 Å². The number of aromatic nitrogens is 3. The first-order chi connectivity index (χ1) is 15.9. The van der Waals surface area contributed by atoms with Gasteiger partial charge in [-0.3, -0.25) is 14.0 Å². The third-order valence-electron chi connectivity index (χ3n) is 5.63. The maximum absolute atomic E-state index is 12.9. The van der Waals surface area contributed by atoms with E-state index in [1.54, 1.807) is 20.3 Å². The van der Waals surface area contributed by atoms with Crippen molar-refractivity contribution in [1.82, 2.24) is 19.5 Å². The topological polar surface area (TPSA) is 100 Å². The Bertz CT molecular complexity index is 1360. The number of benzene rings is 1. The standard InChI is InChI=1S/C24H28N4O5/c1-15-12-19-22(33-15)14-20-24(30)27(26-16(2)28(19)20)11-5-6-23(29)25-10-9-17-13-18(31-3)7-8-21(17)32-4/h7-8,12-14H,5-6,9-11H2,1-4H3,(H,25,29). The van der Waals surface area contributed by atoms with E-state index in [0.29, 0.717) is 49.3 Å². The molecule has 4 aromatic rings. The van der Waals surface area contributed by atoms with Gasteiger partial charge < -0.3 is 19.2 Å². The van der Waals surface area contributed by atoms with Gasteiger partial charge in [0.1, 0.15) is 28.6 Å². The lowest BCUT2D eigenvalue weighted by Gasteiger charge is -2.11. The molecular formula is C24H28N4O5. The molecule has 1 amide bonds. The molecule has 0 radical (unpaired) electrons. The molecule has 174 valence electrons. The molecule has 0 spiro atoms. The highest BCUT2D eigenvalue weighted by molar-refractivity contribution is 5.83. The number of ether oxygens (including phenoxy) is 2. The predicted molar refractivity (Wildman–Crippen MR) is 124 cm³/mol. The Morgan fingerprint density at radius 2 is 1.94 bits per heavy atom. The molecule has 33 heavy (non-hydrogen) atoms. The van der Waals surface area contributed by atoms with Crippen molar-refractivity contribution < 1.29 is 18.7 Å². The van der Waals surface area contributed by atoms with Gasteiger partial charge in [0.15, 0.2) is 5.58 Å². The van der Waals surface area contributed by atoms with Gasteiger partial charge in [0.25, 0.3) is 5.56 Å². The van der Waals surface area contributed by atoms with Gasteiger partial charge in [-0.15, -0.1) is 0 Å². The molecule has 3 aromatic heterocycles. The molecule has 3 heterocycles. The second-order valence-electron chi connectivity index (χ2n) is 7.93. The van der Waals surface area contributed by atoms with E-state index in [0.717, 1.165) is 28.3 Å². The highest BCUT2D eigenvalue weighted by atomic mass is 16.5. The van der Waals surface area contributed by atoms with Gasteiger partial charge in [-0.2, -0.15) is 5.10 Å². The number of carbonyl (C=O) groups excluding carboxylic acids is 1. The SMILES string of the molecule is COc1ccc(OC)c(CCNC(=O)CCCn2nc(C)n3c(cc4oc(C)cc43)c2=O)c1. The molecule has 0 bridgehead atoms. The van der Waals surface area contributed by atoms with E-state index in [4.69, 9.17) is 13.9 Å². The Hall–Kier alpha value is -3.75. The Kier molecular flexibility index (Phi) is 6.39. The predicted octanol–water partition coefficient (Wildman–Crippen LogP) is 3.02. The van der Waals surface area contributed by atoms with E-state index in [9.17, 15) is 9.59 Å². The smallest absolute Gasteiger partial charge is 0.291 e. The summed E-state index contributed by atoms with van der Waals surface area (Å²) >= 11 is 0. The molecule has 0 saturated heterocycles. The Balaban J connectivity index is 1.33. The maximum Gasteiger partial charge on any atom is 0.291 e. The van der Waals surface area contributed by atoms with Crippen molar-refractivity contribution in [2.75, 3.05) is 20.8 Å². The number of carbonyl (C=O) groups is 1. The number of nitrogens with zero attached hydrogens (tertiary/aromatic N) is 3. The monoisotopic (exact) mass is 452 g/mol. The minimum atomic E-state index is -0.199. The number of amides is 1. The van der Waals surface area contributed by atoms with Crippen molar-refractivity contribution in [2.45, 2.75) is 39.7 Å². The third-order valence-corrected chi connectivity index (χ3v) is 5.63. The van der Waals surface area contributed by atoms with Crippen LogP contribution in [0.1, 0.15) is 30.0 Å². The van der Waals surface area contributed by atoms with E-state index in [1.807, 2.05) is 42.5 Å². The number of aryl methyl sites for hydroxylation is 3. The average molecular weight is 453 g/mol. The first kappa shape index (κ1) is 22.4. The van der Waals surface area contributed by atoms with Crippen molar-refractivity contribution in [1.29, 1.82) is 0 Å². The Labute approximate surface area is 190 Å². The van der Waals surface area contributed by atoms with Crippen molar-refractivity contribution in [3.05, 3.63) is 57.8 Å². The Morgan fingerprint density at radius 1 is 1.12 bits per heavy atom. The van der Waals surface area contributed by atoms with Crippen LogP contribution < -0.4 is 20.3 Å². The van der Waals surface area contributed by atoms with E-state index in [1.165, 1.54) is 4.68 Å². The average Bonchev–Trinajstić information content (AvgIpc) is 3.33. The van der Waals surface area contributed by atoms with E-state index in [-0.39, 0.29) is 11.5 Å². The highest BCUT2D eigenvalue weighted by Crippen LogP contribution is 2.24. The quantitative estimate of drug-likeness (QED) is 0.419. The molecule has 1 aromatic carbocycles. The van der Waals surface area contributed by atoms with Crippen molar-refractivity contribution in [2.24, 2.45) is 0 Å². The van der Waals surface area contributed by atoms with E-state index in [2.05, 4.69) is 10.4 Å². The third kappa shape index (κ3) is 4.57. The van der Waals surface area contributed by atoms with Crippen LogP contribution in [0.2, 0.25) is 0 Å². The zero-order valence-electron chi connectivity index (χ0n) is 19.3. The van der Waals surface area contributed by atoms with Crippen LogP contribution in [0.15, 0.2) is 39.5 Å². The van der Waals surface area contributed by atoms with Crippen LogP contribution in [-0.2, 0) is 17.8 Å². The fraction of sp³-hybridized carbons (Fsp3) is 0.375. The highest BCUT2D eigenvalue weighted by Gasteiger charge is 2.15. The van der Waals surface area contributed by atoms with Crippen LogP contribution in [0, 0.1) is 13.8 Å². The molecule has 0 atom stereocenters. The van der Waals surface area contributed by atoms with Crippen LogP contribution in [0.4, 0.5) is 0 Å². The molecule has 0 aliphatic heterocycles. The maximum atomic E-state index is 12.9. The fourth-order valence-electron chi connectivity index (χ4n) is 4.06. The van der Waals surface area contributed by atoms with E-state index < -0.39 is 0 Å². The lowest BCUT2D eigenvalue weighted by atomic mass is 10.1. The summed E-state index contributed by atoms with van der Waals surface area (Å²) in [5, 5.41) is 7.36. The summed E-state index contributed by atoms with van der Waals surface area (Å²) in [5.74, 6) is 2.91. The minimum absolute atomic E-state index is 0.0709. The molecule has 1 N–H and O–H groups in total. The molecule has 0 fully saturated rings. The number of furan rings is 1. The normalized spacial score (nSPS) is 11.3. The first-order valence-corrected chi connectivity index (χ1v) is 10.9. The Morgan fingerprint density at radius 3 is 2.70 bits per heavy atom. The van der Waals surface area contributed by atoms with Gasteiger partial charge in [0, 0.05) is 31.6 Å². The van der Waals surface area contributed by atoms with Gasteiger partial charge in [-0.1, -0.05) is 0 Å². The van der Waals surface area contributed by atoms with Gasteiger partial charge in [0.05, 0.1) is 19.7 Å². The molecule has 9 heteroatoms. The first-order valence-electron chi connectivity index (χ1n) is 10.9. The number of nitrogens with one attached hydrogen (secondary N) is 1. The van der Waals surface area contributed by atoms with Gasteiger partial charge in [-0.05, 0) is 50.5 Å². The zero-order valence-corrected chi connectivity index (χ0v) is 19.3. The fourth-order valence-corrected chi connectivity index (χ4v) is 4.06. The second kappa shape index (κ2) is 9.40. The molecule has 0 aliphatic carbocycles. The second-order valence-corrected chi connectivity index (χ2v) is 7.93. The summed E-state index contributed by atoms with van der Waals surface area (Å²) < 4.78 is 19.5. The van der Waals surface area contributed by atoms with Crippen molar-refractivity contribution >= 4 is 22.5 Å². The van der Waals surface area contributed by atoms with Crippen molar-refractivity contribution in [3.63, 3.8) is 0 Å². The summed E-state index contributed by atoms with van der Waals surface area (Å²) in [7, 11) is 3.23. The summed E-state index contributed by atoms with van der Waals surface area (Å²) in [6.45, 7) is 4.56. The largest absolute Gasteiger partial charge is 0.497 e. The lowest BCUT2D eigenvalue weighted by molar-refractivity contribution is -0.121. The van der Waals surface area contributed by atoms with Crippen LogP contribution in [0.3, 0.4) is 0 Å². The lowest BCUT2D eigenvalue weighted by Crippen LogP contribution is -2.28. The molecular weight excluding hydrogens is 424 g/mol. The number of methoxy groups -OCH3 is 2. The summed E-state index contributed by atoms with van der Waals surface area (Å²) in [6, 6.07) is 9.23. The van der Waals surface area contributed by atoms with Crippen LogP contribution >= 0.6 is 0 Å². The summed E-state index contributed by atoms with van der Waals surface area (Å²) in [6.07, 6.45) is 1.43. The van der Waals surface area contributed by atoms with Crippen molar-refractivity contribution in [3.8, 4) is 11.5 Å². The molecule has 0 saturated carbocycles. The van der Waals surface area contributed by atoms with Gasteiger partial charge in [-0.25, -0.2) is 4.68 Å². The molecule has 4 rings (SSSR count). The summed E-state index contributed by atoms with van der Waals surface area (Å²) in [4.78, 5) is 25.2. The molecule has 0 aliphatic rings. The van der Waals surface area contributed by atoms with E-state index >= 15 is 0 Å². The summed E-state index contributed by atoms with van der Waals surface area (Å²) in [5.41, 5.74) is 2.79. The molecule has 9 nitrogen and oxygen atoms in total. The number of rotatable bonds is 9. The van der Waals surface area contributed by atoms with Gasteiger partial charge >= 0.3 is 0 Å². The zero-order chi connectivity index (χ0) is 23.5. The van der Waals surface area contributed by atoms with Crippen LogP contribution in [0.5, 0.6) is 11.5 Å². The van der Waals surface area contributed by atoms with Crippen LogP contribution in [-0.4, -0.2) is 40.9 Å². The minimum Gasteiger partial charge on any atom is -0.497 e.